The molecule has 0 aromatic heterocycles. The number of amides is 1. The molecule has 7 nitrogen and oxygen atoms in total. The minimum Gasteiger partial charge on any atom is -0.497 e. The van der Waals surface area contributed by atoms with Gasteiger partial charge in [0.05, 0.1) is 17.7 Å². The highest BCUT2D eigenvalue weighted by Gasteiger charge is 2.27. The molecule has 1 N–H and O–H groups in total. The third kappa shape index (κ3) is 5.59. The molecule has 0 atom stereocenters. The van der Waals surface area contributed by atoms with Gasteiger partial charge in [0.15, 0.2) is 0 Å². The van der Waals surface area contributed by atoms with Crippen LogP contribution >= 0.6 is 0 Å². The molecule has 168 valence electrons. The van der Waals surface area contributed by atoms with Crippen LogP contribution in [0.3, 0.4) is 0 Å². The molecule has 0 heterocycles. The summed E-state index contributed by atoms with van der Waals surface area (Å²) in [6.45, 7) is -0.0654. The fourth-order valence-electron chi connectivity index (χ4n) is 3.10. The van der Waals surface area contributed by atoms with Crippen LogP contribution in [0.5, 0.6) is 5.75 Å². The van der Waals surface area contributed by atoms with Crippen molar-refractivity contribution in [2.24, 2.45) is 0 Å². The maximum atomic E-state index is 13.3. The molecule has 8 heteroatoms. The van der Waals surface area contributed by atoms with Gasteiger partial charge in [0, 0.05) is 32.4 Å². The standard InChI is InChI=1S/C24H27N3O4S/c1-26(2)20-14-12-19(13-15-20)17-25-24(28)18-27(21-8-7-9-22(16-21)31-3)32(29,30)23-10-5-4-6-11-23/h4-16H,17-18H2,1-3H3,(H,25,28). The summed E-state index contributed by atoms with van der Waals surface area (Å²) in [6.07, 6.45) is 0. The van der Waals surface area contributed by atoms with Crippen molar-refractivity contribution < 1.29 is 17.9 Å². The SMILES string of the molecule is COc1cccc(N(CC(=O)NCc2ccc(N(C)C)cc2)S(=O)(=O)c2ccccc2)c1. The van der Waals surface area contributed by atoms with Crippen LogP contribution in [0, 0.1) is 0 Å². The lowest BCUT2D eigenvalue weighted by Crippen LogP contribution is -2.40. The molecule has 0 bridgehead atoms. The average Bonchev–Trinajstić information content (AvgIpc) is 2.82. The Balaban J connectivity index is 1.81. The van der Waals surface area contributed by atoms with Gasteiger partial charge in [0.1, 0.15) is 12.3 Å². The van der Waals surface area contributed by atoms with E-state index in [1.807, 2.05) is 43.3 Å². The van der Waals surface area contributed by atoms with E-state index in [-0.39, 0.29) is 11.4 Å². The first-order valence-electron chi connectivity index (χ1n) is 10.1. The molecule has 0 unspecified atom stereocenters. The molecule has 0 saturated carbocycles. The fraction of sp³-hybridized carbons (Fsp3) is 0.208. The van der Waals surface area contributed by atoms with Gasteiger partial charge in [0.2, 0.25) is 5.91 Å². The molecule has 0 aliphatic rings. The van der Waals surface area contributed by atoms with Gasteiger partial charge < -0.3 is 15.0 Å². The predicted molar refractivity (Wildman–Crippen MR) is 127 cm³/mol. The van der Waals surface area contributed by atoms with E-state index in [0.717, 1.165) is 15.6 Å². The average molecular weight is 454 g/mol. The molecule has 1 amide bonds. The lowest BCUT2D eigenvalue weighted by atomic mass is 10.2. The van der Waals surface area contributed by atoms with Crippen molar-refractivity contribution in [1.29, 1.82) is 0 Å². The normalized spacial score (nSPS) is 11.0. The van der Waals surface area contributed by atoms with Crippen LogP contribution in [-0.4, -0.2) is 42.1 Å². The lowest BCUT2D eigenvalue weighted by Gasteiger charge is -2.24. The maximum absolute atomic E-state index is 13.3. The van der Waals surface area contributed by atoms with Crippen LogP contribution < -0.4 is 19.3 Å². The second kappa shape index (κ2) is 10.2. The van der Waals surface area contributed by atoms with Crippen LogP contribution in [0.1, 0.15) is 5.56 Å². The van der Waals surface area contributed by atoms with E-state index < -0.39 is 15.9 Å². The number of nitrogens with zero attached hydrogens (tertiary/aromatic N) is 2. The van der Waals surface area contributed by atoms with Crippen LogP contribution in [0.15, 0.2) is 83.8 Å². The van der Waals surface area contributed by atoms with E-state index in [2.05, 4.69) is 5.32 Å². The highest BCUT2D eigenvalue weighted by molar-refractivity contribution is 7.92. The Bertz CT molecular complexity index is 1150. The molecule has 32 heavy (non-hydrogen) atoms. The highest BCUT2D eigenvalue weighted by atomic mass is 32.2. The maximum Gasteiger partial charge on any atom is 0.264 e. The number of ether oxygens (including phenoxy) is 1. The van der Waals surface area contributed by atoms with E-state index in [1.54, 1.807) is 42.5 Å². The summed E-state index contributed by atoms with van der Waals surface area (Å²) in [5.41, 5.74) is 2.32. The van der Waals surface area contributed by atoms with Gasteiger partial charge in [-0.3, -0.25) is 9.10 Å². The minimum absolute atomic E-state index is 0.106. The Morgan fingerprint density at radius 2 is 1.59 bits per heavy atom. The van der Waals surface area contributed by atoms with Gasteiger partial charge in [-0.1, -0.05) is 36.4 Å². The van der Waals surface area contributed by atoms with E-state index >= 15 is 0 Å². The van der Waals surface area contributed by atoms with Gasteiger partial charge in [-0.05, 0) is 42.0 Å². The highest BCUT2D eigenvalue weighted by Crippen LogP contribution is 2.26. The summed E-state index contributed by atoms with van der Waals surface area (Å²) < 4.78 is 33.0. The molecule has 0 spiro atoms. The molecular formula is C24H27N3O4S. The van der Waals surface area contributed by atoms with E-state index in [0.29, 0.717) is 18.0 Å². The third-order valence-electron chi connectivity index (χ3n) is 4.90. The Hall–Kier alpha value is -3.52. The van der Waals surface area contributed by atoms with Crippen LogP contribution in [0.4, 0.5) is 11.4 Å². The van der Waals surface area contributed by atoms with Crippen molar-refractivity contribution in [3.8, 4) is 5.75 Å². The monoisotopic (exact) mass is 453 g/mol. The van der Waals surface area contributed by atoms with Crippen LogP contribution in [0.2, 0.25) is 0 Å². The summed E-state index contributed by atoms with van der Waals surface area (Å²) in [7, 11) is 1.45. The zero-order valence-electron chi connectivity index (χ0n) is 18.4. The fourth-order valence-corrected chi connectivity index (χ4v) is 4.53. The van der Waals surface area contributed by atoms with Crippen molar-refractivity contribution in [2.45, 2.75) is 11.4 Å². The number of nitrogens with one attached hydrogen (secondary N) is 1. The summed E-state index contributed by atoms with van der Waals surface area (Å²) >= 11 is 0. The Morgan fingerprint density at radius 1 is 0.906 bits per heavy atom. The summed E-state index contributed by atoms with van der Waals surface area (Å²) in [5, 5.41) is 2.81. The van der Waals surface area contributed by atoms with E-state index in [9.17, 15) is 13.2 Å². The number of sulfonamides is 1. The van der Waals surface area contributed by atoms with Crippen molar-refractivity contribution in [1.82, 2.24) is 5.32 Å². The summed E-state index contributed by atoms with van der Waals surface area (Å²) in [6, 6.07) is 22.5. The smallest absolute Gasteiger partial charge is 0.264 e. The Morgan fingerprint density at radius 3 is 2.22 bits per heavy atom. The first-order valence-corrected chi connectivity index (χ1v) is 11.5. The number of hydrogen-bond donors (Lipinski definition) is 1. The third-order valence-corrected chi connectivity index (χ3v) is 6.69. The molecule has 0 saturated heterocycles. The van der Waals surface area contributed by atoms with Gasteiger partial charge in [0.25, 0.3) is 10.0 Å². The number of methoxy groups -OCH3 is 1. The van der Waals surface area contributed by atoms with Crippen molar-refractivity contribution >= 4 is 27.3 Å². The number of benzene rings is 3. The second-order valence-corrected chi connectivity index (χ2v) is 9.23. The molecule has 0 fully saturated rings. The zero-order valence-corrected chi connectivity index (χ0v) is 19.2. The van der Waals surface area contributed by atoms with E-state index in [1.165, 1.54) is 19.2 Å². The minimum atomic E-state index is -3.96. The molecule has 3 aromatic carbocycles. The number of carbonyl (C=O) groups is 1. The lowest BCUT2D eigenvalue weighted by molar-refractivity contribution is -0.119. The molecule has 0 aliphatic heterocycles. The van der Waals surface area contributed by atoms with E-state index in [4.69, 9.17) is 4.74 Å². The van der Waals surface area contributed by atoms with Gasteiger partial charge in [-0.15, -0.1) is 0 Å². The van der Waals surface area contributed by atoms with Crippen molar-refractivity contribution in [3.63, 3.8) is 0 Å². The first-order chi connectivity index (χ1) is 15.3. The number of anilines is 2. The molecule has 0 aliphatic carbocycles. The van der Waals surface area contributed by atoms with Crippen LogP contribution in [0.25, 0.3) is 0 Å². The van der Waals surface area contributed by atoms with Gasteiger partial charge in [-0.2, -0.15) is 0 Å². The van der Waals surface area contributed by atoms with Gasteiger partial charge >= 0.3 is 0 Å². The van der Waals surface area contributed by atoms with Crippen molar-refractivity contribution in [2.75, 3.05) is 37.0 Å². The summed E-state index contributed by atoms with van der Waals surface area (Å²) in [4.78, 5) is 14.8. The predicted octanol–water partition coefficient (Wildman–Crippen LogP) is 3.27. The number of rotatable bonds is 9. The largest absolute Gasteiger partial charge is 0.497 e. The number of hydrogen-bond acceptors (Lipinski definition) is 5. The molecule has 0 radical (unpaired) electrons. The molecule has 3 aromatic rings. The first kappa shape index (κ1) is 23.1. The zero-order chi connectivity index (χ0) is 23.1. The van der Waals surface area contributed by atoms with Crippen LogP contribution in [-0.2, 0) is 21.4 Å². The molecule has 3 rings (SSSR count). The molecular weight excluding hydrogens is 426 g/mol. The van der Waals surface area contributed by atoms with Crippen molar-refractivity contribution in [3.05, 3.63) is 84.4 Å². The Labute approximate surface area is 189 Å². The summed E-state index contributed by atoms with van der Waals surface area (Å²) in [5.74, 6) is 0.0844. The quantitative estimate of drug-likeness (QED) is 0.538. The number of carbonyl (C=O) groups excluding carboxylic acids is 1. The second-order valence-electron chi connectivity index (χ2n) is 7.36. The van der Waals surface area contributed by atoms with Gasteiger partial charge in [-0.25, -0.2) is 8.42 Å². The Kier molecular flexibility index (Phi) is 7.37. The topological polar surface area (TPSA) is 79.0 Å².